The first-order valence-electron chi connectivity index (χ1n) is 7.41. The van der Waals surface area contributed by atoms with Gasteiger partial charge in [0.25, 0.3) is 0 Å². The molecule has 2 aromatic rings. The third-order valence-corrected chi connectivity index (χ3v) is 4.33. The van der Waals surface area contributed by atoms with Crippen LogP contribution in [0, 0.1) is 0 Å². The summed E-state index contributed by atoms with van der Waals surface area (Å²) in [4.78, 5) is 0. The van der Waals surface area contributed by atoms with Gasteiger partial charge in [-0.25, -0.2) is 0 Å². The predicted octanol–water partition coefficient (Wildman–Crippen LogP) is 3.99. The second-order valence-electron chi connectivity index (χ2n) is 6.60. The Bertz CT molecular complexity index is 565. The van der Waals surface area contributed by atoms with E-state index in [0.717, 1.165) is 6.54 Å². The molecule has 0 heterocycles. The summed E-state index contributed by atoms with van der Waals surface area (Å²) in [5, 5.41) is 13.6. The molecule has 2 rings (SSSR count). The Labute approximate surface area is 127 Å². The van der Waals surface area contributed by atoms with Gasteiger partial charge < -0.3 is 10.4 Å². The minimum atomic E-state index is -0.767. The van der Waals surface area contributed by atoms with Crippen molar-refractivity contribution in [2.45, 2.75) is 45.4 Å². The van der Waals surface area contributed by atoms with Gasteiger partial charge in [-0.2, -0.15) is 0 Å². The quantitative estimate of drug-likeness (QED) is 0.869. The van der Waals surface area contributed by atoms with E-state index in [9.17, 15) is 5.11 Å². The zero-order valence-corrected chi connectivity index (χ0v) is 13.4. The minimum absolute atomic E-state index is 0.342. The summed E-state index contributed by atoms with van der Waals surface area (Å²) in [6.07, 6.45) is 0. The molecule has 0 radical (unpaired) electrons. The summed E-state index contributed by atoms with van der Waals surface area (Å²) in [6, 6.07) is 18.9. The molecule has 2 heteroatoms. The summed E-state index contributed by atoms with van der Waals surface area (Å²) in [5.41, 5.74) is 2.56. The Morgan fingerprint density at radius 3 is 1.86 bits per heavy atom. The van der Waals surface area contributed by atoms with E-state index in [1.54, 1.807) is 0 Å². The Kier molecular flexibility index (Phi) is 4.50. The summed E-state index contributed by atoms with van der Waals surface area (Å²) in [5.74, 6) is 0. The van der Waals surface area contributed by atoms with Crippen molar-refractivity contribution in [1.82, 2.24) is 5.32 Å². The lowest BCUT2D eigenvalue weighted by molar-refractivity contribution is -0.00531. The molecule has 2 nitrogen and oxygen atoms in total. The van der Waals surface area contributed by atoms with Gasteiger partial charge in [-0.15, -0.1) is 0 Å². The molecule has 0 saturated heterocycles. The minimum Gasteiger partial charge on any atom is -0.389 e. The first-order chi connectivity index (χ1) is 9.79. The van der Waals surface area contributed by atoms with Crippen LogP contribution in [0.1, 0.15) is 33.3 Å². The Morgan fingerprint density at radius 2 is 1.33 bits per heavy atom. The van der Waals surface area contributed by atoms with Crippen molar-refractivity contribution in [3.05, 3.63) is 60.2 Å². The molecule has 0 aliphatic carbocycles. The van der Waals surface area contributed by atoms with Crippen LogP contribution in [-0.2, 0) is 6.54 Å². The molecule has 112 valence electrons. The first-order valence-corrected chi connectivity index (χ1v) is 7.41. The second kappa shape index (κ2) is 6.00. The fourth-order valence-electron chi connectivity index (χ4n) is 1.98. The molecule has 2 aromatic carbocycles. The van der Waals surface area contributed by atoms with Crippen LogP contribution in [0.4, 0.5) is 0 Å². The number of hydrogen-bond donors (Lipinski definition) is 2. The van der Waals surface area contributed by atoms with E-state index in [2.05, 4.69) is 53.8 Å². The molecule has 0 aliphatic rings. The smallest absolute Gasteiger partial charge is 0.0767 e. The fraction of sp³-hybridized carbons (Fsp3) is 0.368. The zero-order chi connectivity index (χ0) is 15.5. The van der Waals surface area contributed by atoms with E-state index >= 15 is 0 Å². The molecule has 0 amide bonds. The van der Waals surface area contributed by atoms with Crippen molar-refractivity contribution >= 4 is 0 Å². The van der Waals surface area contributed by atoms with Crippen molar-refractivity contribution < 1.29 is 5.11 Å². The molecule has 0 unspecified atom stereocenters. The molecule has 0 atom stereocenters. The van der Waals surface area contributed by atoms with Gasteiger partial charge in [0.15, 0.2) is 0 Å². The third kappa shape index (κ3) is 3.93. The predicted molar refractivity (Wildman–Crippen MR) is 89.1 cm³/mol. The van der Waals surface area contributed by atoms with Crippen molar-refractivity contribution in [2.24, 2.45) is 0 Å². The lowest BCUT2D eigenvalue weighted by atomic mass is 9.86. The Balaban J connectivity index is 2.04. The largest absolute Gasteiger partial charge is 0.389 e. The van der Waals surface area contributed by atoms with Crippen LogP contribution < -0.4 is 5.32 Å². The molecular formula is C19H25NO. The van der Waals surface area contributed by atoms with E-state index in [4.69, 9.17) is 0 Å². The van der Waals surface area contributed by atoms with Crippen LogP contribution in [0.3, 0.4) is 0 Å². The molecule has 0 aliphatic heterocycles. The standard InChI is InChI=1S/C19H25NO/c1-18(2,19(3,4)21)20-14-15-10-12-17(13-11-15)16-8-6-5-7-9-16/h5-13,20-21H,14H2,1-4H3. The topological polar surface area (TPSA) is 32.3 Å². The summed E-state index contributed by atoms with van der Waals surface area (Å²) >= 11 is 0. The van der Waals surface area contributed by atoms with Gasteiger partial charge in [0.05, 0.1) is 5.60 Å². The van der Waals surface area contributed by atoms with Crippen molar-refractivity contribution in [3.8, 4) is 11.1 Å². The molecule has 0 bridgehead atoms. The average Bonchev–Trinajstić information content (AvgIpc) is 2.45. The highest BCUT2D eigenvalue weighted by atomic mass is 16.3. The molecule has 0 saturated carbocycles. The maximum atomic E-state index is 10.2. The van der Waals surface area contributed by atoms with E-state index in [-0.39, 0.29) is 5.54 Å². The van der Waals surface area contributed by atoms with Gasteiger partial charge in [0.1, 0.15) is 0 Å². The summed E-state index contributed by atoms with van der Waals surface area (Å²) in [7, 11) is 0. The molecule has 0 aromatic heterocycles. The van der Waals surface area contributed by atoms with Gasteiger partial charge in [-0.3, -0.25) is 0 Å². The number of hydrogen-bond acceptors (Lipinski definition) is 2. The fourth-order valence-corrected chi connectivity index (χ4v) is 1.98. The highest BCUT2D eigenvalue weighted by Crippen LogP contribution is 2.22. The summed E-state index contributed by atoms with van der Waals surface area (Å²) < 4.78 is 0. The molecule has 0 fully saturated rings. The monoisotopic (exact) mass is 283 g/mol. The first kappa shape index (κ1) is 15.7. The maximum absolute atomic E-state index is 10.2. The highest BCUT2D eigenvalue weighted by Gasteiger charge is 2.34. The van der Waals surface area contributed by atoms with Crippen molar-refractivity contribution in [3.63, 3.8) is 0 Å². The number of benzene rings is 2. The lowest BCUT2D eigenvalue weighted by Gasteiger charge is -2.38. The zero-order valence-electron chi connectivity index (χ0n) is 13.4. The van der Waals surface area contributed by atoms with E-state index in [0.29, 0.717) is 0 Å². The van der Waals surface area contributed by atoms with Crippen molar-refractivity contribution in [1.29, 1.82) is 0 Å². The van der Waals surface area contributed by atoms with Crippen LogP contribution in [0.25, 0.3) is 11.1 Å². The second-order valence-corrected chi connectivity index (χ2v) is 6.60. The van der Waals surface area contributed by atoms with Gasteiger partial charge >= 0.3 is 0 Å². The van der Waals surface area contributed by atoms with E-state index in [1.807, 2.05) is 33.8 Å². The highest BCUT2D eigenvalue weighted by molar-refractivity contribution is 5.63. The van der Waals surface area contributed by atoms with Crippen LogP contribution in [0.2, 0.25) is 0 Å². The maximum Gasteiger partial charge on any atom is 0.0767 e. The average molecular weight is 283 g/mol. The number of nitrogens with one attached hydrogen (secondary N) is 1. The number of rotatable bonds is 5. The van der Waals surface area contributed by atoms with E-state index in [1.165, 1.54) is 16.7 Å². The molecule has 0 spiro atoms. The molecular weight excluding hydrogens is 258 g/mol. The van der Waals surface area contributed by atoms with Crippen LogP contribution in [0.5, 0.6) is 0 Å². The van der Waals surface area contributed by atoms with Gasteiger partial charge in [0.2, 0.25) is 0 Å². The normalized spacial score (nSPS) is 12.4. The van der Waals surface area contributed by atoms with Crippen LogP contribution in [0.15, 0.2) is 54.6 Å². The van der Waals surface area contributed by atoms with Crippen molar-refractivity contribution in [2.75, 3.05) is 0 Å². The Hall–Kier alpha value is -1.64. The lowest BCUT2D eigenvalue weighted by Crippen LogP contribution is -2.55. The van der Waals surface area contributed by atoms with Gasteiger partial charge in [0, 0.05) is 12.1 Å². The van der Waals surface area contributed by atoms with Gasteiger partial charge in [-0.1, -0.05) is 54.6 Å². The van der Waals surface area contributed by atoms with Crippen LogP contribution in [-0.4, -0.2) is 16.2 Å². The van der Waals surface area contributed by atoms with E-state index < -0.39 is 5.60 Å². The van der Waals surface area contributed by atoms with Gasteiger partial charge in [-0.05, 0) is 44.4 Å². The number of aliphatic hydroxyl groups is 1. The molecule has 21 heavy (non-hydrogen) atoms. The third-order valence-electron chi connectivity index (χ3n) is 4.33. The SMILES string of the molecule is CC(C)(O)C(C)(C)NCc1ccc(-c2ccccc2)cc1. The summed E-state index contributed by atoms with van der Waals surface area (Å²) in [6.45, 7) is 8.44. The molecule has 2 N–H and O–H groups in total. The Morgan fingerprint density at radius 1 is 0.810 bits per heavy atom. The van der Waals surface area contributed by atoms with Crippen LogP contribution >= 0.6 is 0 Å².